The van der Waals surface area contributed by atoms with Crippen LogP contribution in [-0.2, 0) is 9.53 Å². The average Bonchev–Trinajstić information content (AvgIpc) is 2.40. The number of amides is 1. The summed E-state index contributed by atoms with van der Waals surface area (Å²) in [5, 5.41) is 13.4. The monoisotopic (exact) mass is 281 g/mol. The van der Waals surface area contributed by atoms with Crippen molar-refractivity contribution in [3.63, 3.8) is 0 Å². The van der Waals surface area contributed by atoms with Gasteiger partial charge in [-0.1, -0.05) is 6.07 Å². The molecule has 0 aromatic heterocycles. The van der Waals surface area contributed by atoms with E-state index >= 15 is 0 Å². The van der Waals surface area contributed by atoms with Gasteiger partial charge in [-0.3, -0.25) is 14.9 Å². The van der Waals surface area contributed by atoms with Crippen LogP contribution in [0.2, 0.25) is 0 Å². The molecule has 1 rings (SSSR count). The van der Waals surface area contributed by atoms with Gasteiger partial charge < -0.3 is 15.8 Å². The third-order valence-electron chi connectivity index (χ3n) is 2.96. The molecule has 0 heterocycles. The number of rotatable bonds is 7. The number of nitrogens with zero attached hydrogens (tertiary/aromatic N) is 1. The maximum Gasteiger partial charge on any atom is 0.274 e. The highest BCUT2D eigenvalue weighted by Gasteiger charge is 2.17. The Kier molecular flexibility index (Phi) is 6.08. The van der Waals surface area contributed by atoms with E-state index in [9.17, 15) is 14.9 Å². The first-order valence-corrected chi connectivity index (χ1v) is 6.26. The number of nitrogens with two attached hydrogens (primary N) is 1. The lowest BCUT2D eigenvalue weighted by Crippen LogP contribution is -2.35. The van der Waals surface area contributed by atoms with E-state index in [0.717, 1.165) is 0 Å². The van der Waals surface area contributed by atoms with Crippen LogP contribution in [0.1, 0.15) is 18.4 Å². The van der Waals surface area contributed by atoms with E-state index in [1.54, 1.807) is 20.1 Å². The molecule has 1 atom stereocenters. The molecule has 1 unspecified atom stereocenters. The zero-order chi connectivity index (χ0) is 15.1. The van der Waals surface area contributed by atoms with E-state index < -0.39 is 11.0 Å². The summed E-state index contributed by atoms with van der Waals surface area (Å²) in [7, 11) is 1.58. The quantitative estimate of drug-likeness (QED) is 0.448. The standard InChI is InChI=1S/C13H19N3O4/c1-9-11(6-3-7-12(9)16(18)19)15-13(17)10(14)5-4-8-20-2/h3,6-7,10H,4-5,8,14H2,1-2H3,(H,15,17). The van der Waals surface area contributed by atoms with Gasteiger partial charge in [0.1, 0.15) is 0 Å². The third-order valence-corrected chi connectivity index (χ3v) is 2.96. The lowest BCUT2D eigenvalue weighted by Gasteiger charge is -2.13. The smallest absolute Gasteiger partial charge is 0.274 e. The fourth-order valence-electron chi connectivity index (χ4n) is 1.76. The number of benzene rings is 1. The summed E-state index contributed by atoms with van der Waals surface area (Å²) >= 11 is 0. The summed E-state index contributed by atoms with van der Waals surface area (Å²) in [5.41, 5.74) is 6.54. The molecule has 0 bridgehead atoms. The molecule has 7 nitrogen and oxygen atoms in total. The minimum absolute atomic E-state index is 0.0317. The molecular formula is C13H19N3O4. The second-order valence-corrected chi connectivity index (χ2v) is 4.44. The van der Waals surface area contributed by atoms with Gasteiger partial charge in [0.15, 0.2) is 0 Å². The minimum Gasteiger partial charge on any atom is -0.385 e. The number of hydrogen-bond donors (Lipinski definition) is 2. The number of nitro groups is 1. The first-order chi connectivity index (χ1) is 9.47. The topological polar surface area (TPSA) is 107 Å². The van der Waals surface area contributed by atoms with Crippen molar-refractivity contribution >= 4 is 17.3 Å². The van der Waals surface area contributed by atoms with Crippen LogP contribution >= 0.6 is 0 Å². The van der Waals surface area contributed by atoms with Crippen molar-refractivity contribution in [3.05, 3.63) is 33.9 Å². The van der Waals surface area contributed by atoms with Crippen molar-refractivity contribution in [3.8, 4) is 0 Å². The lowest BCUT2D eigenvalue weighted by molar-refractivity contribution is -0.385. The molecule has 0 saturated heterocycles. The van der Waals surface area contributed by atoms with Crippen LogP contribution < -0.4 is 11.1 Å². The predicted molar refractivity (Wildman–Crippen MR) is 75.5 cm³/mol. The van der Waals surface area contributed by atoms with Crippen molar-refractivity contribution in [2.45, 2.75) is 25.8 Å². The van der Waals surface area contributed by atoms with E-state index in [1.165, 1.54) is 12.1 Å². The van der Waals surface area contributed by atoms with Crippen LogP contribution in [-0.4, -0.2) is 30.6 Å². The molecule has 0 radical (unpaired) electrons. The van der Waals surface area contributed by atoms with Gasteiger partial charge in [0.2, 0.25) is 5.91 Å². The van der Waals surface area contributed by atoms with E-state index in [2.05, 4.69) is 5.32 Å². The first kappa shape index (κ1) is 16.1. The van der Waals surface area contributed by atoms with Gasteiger partial charge in [0.05, 0.1) is 22.2 Å². The Balaban J connectivity index is 2.71. The van der Waals surface area contributed by atoms with Crippen molar-refractivity contribution in [2.75, 3.05) is 19.0 Å². The van der Waals surface area contributed by atoms with Crippen LogP contribution in [0.5, 0.6) is 0 Å². The molecule has 20 heavy (non-hydrogen) atoms. The molecule has 1 aromatic rings. The number of methoxy groups -OCH3 is 1. The third kappa shape index (κ3) is 4.29. The Morgan fingerprint density at radius 2 is 2.25 bits per heavy atom. The van der Waals surface area contributed by atoms with Gasteiger partial charge in [0, 0.05) is 19.8 Å². The largest absolute Gasteiger partial charge is 0.385 e. The number of carbonyl (C=O) groups excluding carboxylic acids is 1. The maximum absolute atomic E-state index is 11.9. The number of ether oxygens (including phenoxy) is 1. The molecule has 0 spiro atoms. The number of hydrogen-bond acceptors (Lipinski definition) is 5. The Morgan fingerprint density at radius 3 is 2.85 bits per heavy atom. The zero-order valence-corrected chi connectivity index (χ0v) is 11.6. The Bertz CT molecular complexity index is 491. The van der Waals surface area contributed by atoms with E-state index in [-0.39, 0.29) is 11.6 Å². The normalized spacial score (nSPS) is 11.9. The van der Waals surface area contributed by atoms with E-state index in [0.29, 0.717) is 30.7 Å². The van der Waals surface area contributed by atoms with Crippen molar-refractivity contribution in [2.24, 2.45) is 5.73 Å². The van der Waals surface area contributed by atoms with Crippen LogP contribution in [0.4, 0.5) is 11.4 Å². The highest BCUT2D eigenvalue weighted by atomic mass is 16.6. The van der Waals surface area contributed by atoms with Crippen LogP contribution in [0.15, 0.2) is 18.2 Å². The molecule has 3 N–H and O–H groups in total. The summed E-state index contributed by atoms with van der Waals surface area (Å²) in [6.07, 6.45) is 1.17. The first-order valence-electron chi connectivity index (χ1n) is 6.26. The van der Waals surface area contributed by atoms with Gasteiger partial charge >= 0.3 is 0 Å². The Hall–Kier alpha value is -1.99. The molecule has 7 heteroatoms. The summed E-state index contributed by atoms with van der Waals surface area (Å²) in [4.78, 5) is 22.2. The summed E-state index contributed by atoms with van der Waals surface area (Å²) in [5.74, 6) is -0.357. The molecule has 1 aromatic carbocycles. The van der Waals surface area contributed by atoms with Crippen molar-refractivity contribution < 1.29 is 14.5 Å². The van der Waals surface area contributed by atoms with Gasteiger partial charge in [-0.05, 0) is 25.8 Å². The molecule has 0 aliphatic carbocycles. The van der Waals surface area contributed by atoms with E-state index in [4.69, 9.17) is 10.5 Å². The molecule has 1 amide bonds. The Morgan fingerprint density at radius 1 is 1.55 bits per heavy atom. The summed E-state index contributed by atoms with van der Waals surface area (Å²) in [6, 6.07) is 3.87. The number of nitrogens with one attached hydrogen (secondary N) is 1. The minimum atomic E-state index is -0.663. The summed E-state index contributed by atoms with van der Waals surface area (Å²) in [6.45, 7) is 2.13. The molecule has 0 fully saturated rings. The molecule has 0 aliphatic heterocycles. The fraction of sp³-hybridized carbons (Fsp3) is 0.462. The molecule has 110 valence electrons. The molecule has 0 aliphatic rings. The van der Waals surface area contributed by atoms with Crippen LogP contribution in [0, 0.1) is 17.0 Å². The Labute approximate surface area is 117 Å². The van der Waals surface area contributed by atoms with Crippen molar-refractivity contribution in [1.29, 1.82) is 0 Å². The highest BCUT2D eigenvalue weighted by Crippen LogP contribution is 2.25. The molecular weight excluding hydrogens is 262 g/mol. The number of anilines is 1. The highest BCUT2D eigenvalue weighted by molar-refractivity contribution is 5.95. The van der Waals surface area contributed by atoms with Gasteiger partial charge in [-0.2, -0.15) is 0 Å². The predicted octanol–water partition coefficient (Wildman–Crippen LogP) is 1.60. The van der Waals surface area contributed by atoms with Gasteiger partial charge in [-0.15, -0.1) is 0 Å². The van der Waals surface area contributed by atoms with Crippen molar-refractivity contribution in [1.82, 2.24) is 0 Å². The number of nitro benzene ring substituents is 1. The van der Waals surface area contributed by atoms with E-state index in [1.807, 2.05) is 0 Å². The average molecular weight is 281 g/mol. The number of carbonyl (C=O) groups is 1. The van der Waals surface area contributed by atoms with Crippen LogP contribution in [0.25, 0.3) is 0 Å². The zero-order valence-electron chi connectivity index (χ0n) is 11.6. The fourth-order valence-corrected chi connectivity index (χ4v) is 1.76. The summed E-state index contributed by atoms with van der Waals surface area (Å²) < 4.78 is 4.89. The van der Waals surface area contributed by atoms with Crippen LogP contribution in [0.3, 0.4) is 0 Å². The second-order valence-electron chi connectivity index (χ2n) is 4.44. The lowest BCUT2D eigenvalue weighted by atomic mass is 10.1. The molecule has 0 saturated carbocycles. The van der Waals surface area contributed by atoms with Gasteiger partial charge in [-0.25, -0.2) is 0 Å². The SMILES string of the molecule is COCCCC(N)C(=O)Nc1cccc([N+](=O)[O-])c1C. The van der Waals surface area contributed by atoms with Gasteiger partial charge in [0.25, 0.3) is 5.69 Å². The second kappa shape index (κ2) is 7.56. The maximum atomic E-state index is 11.9.